The lowest BCUT2D eigenvalue weighted by atomic mass is 9.85. The summed E-state index contributed by atoms with van der Waals surface area (Å²) in [7, 11) is 0. The first-order chi connectivity index (χ1) is 6.52. The number of hydrogen-bond acceptors (Lipinski definition) is 2. The van der Waals surface area contributed by atoms with Crippen LogP contribution in [0.4, 0.5) is 0 Å². The van der Waals surface area contributed by atoms with Crippen molar-refractivity contribution in [3.63, 3.8) is 0 Å². The largest absolute Gasteiger partial charge is 0.350 e. The van der Waals surface area contributed by atoms with Crippen LogP contribution in [0.2, 0.25) is 0 Å². The highest BCUT2D eigenvalue weighted by Gasteiger charge is 2.43. The Morgan fingerprint density at radius 1 is 1.07 bits per heavy atom. The summed E-state index contributed by atoms with van der Waals surface area (Å²) in [5.41, 5.74) is 0.0127. The molecule has 0 radical (unpaired) electrons. The van der Waals surface area contributed by atoms with Gasteiger partial charge in [0.25, 0.3) is 0 Å². The molecule has 1 spiro atoms. The third-order valence-electron chi connectivity index (χ3n) is 3.57. The lowest BCUT2D eigenvalue weighted by Gasteiger charge is -2.48. The number of ether oxygens (including phenoxy) is 2. The van der Waals surface area contributed by atoms with Gasteiger partial charge in [-0.05, 0) is 39.0 Å². The third kappa shape index (κ3) is 2.12. The molecule has 2 fully saturated rings. The van der Waals surface area contributed by atoms with Crippen molar-refractivity contribution in [2.24, 2.45) is 5.92 Å². The second kappa shape index (κ2) is 3.49. The van der Waals surface area contributed by atoms with Gasteiger partial charge in [0.1, 0.15) is 0 Å². The minimum Gasteiger partial charge on any atom is -0.350 e. The van der Waals surface area contributed by atoms with Gasteiger partial charge in [-0.25, -0.2) is 0 Å². The predicted octanol–water partition coefficient (Wildman–Crippen LogP) is 3.11. The zero-order valence-corrected chi connectivity index (χ0v) is 9.64. The molecule has 1 saturated carbocycles. The maximum atomic E-state index is 6.13. The van der Waals surface area contributed by atoms with Crippen LogP contribution in [0, 0.1) is 5.92 Å². The molecule has 0 aromatic rings. The first kappa shape index (κ1) is 10.4. The van der Waals surface area contributed by atoms with Gasteiger partial charge in [0.2, 0.25) is 0 Å². The minimum absolute atomic E-state index is 0.0127. The maximum Gasteiger partial charge on any atom is 0.169 e. The Balaban J connectivity index is 2.01. The molecule has 2 heteroatoms. The van der Waals surface area contributed by atoms with E-state index in [9.17, 15) is 0 Å². The zero-order valence-electron chi connectivity index (χ0n) is 9.64. The molecule has 1 aliphatic heterocycles. The summed E-state index contributed by atoms with van der Waals surface area (Å²) in [5.74, 6) is 0.617. The van der Waals surface area contributed by atoms with E-state index in [1.54, 1.807) is 0 Å². The summed E-state index contributed by atoms with van der Waals surface area (Å²) in [5, 5.41) is 0. The van der Waals surface area contributed by atoms with Gasteiger partial charge in [0.15, 0.2) is 5.79 Å². The fourth-order valence-electron chi connectivity index (χ4n) is 2.52. The molecule has 2 rings (SSSR count). The molecule has 82 valence electrons. The predicted molar refractivity (Wildman–Crippen MR) is 56.1 cm³/mol. The molecule has 0 atom stereocenters. The van der Waals surface area contributed by atoms with Crippen molar-refractivity contribution in [2.45, 2.75) is 64.3 Å². The van der Waals surface area contributed by atoms with Gasteiger partial charge >= 0.3 is 0 Å². The quantitative estimate of drug-likeness (QED) is 0.595. The molecule has 1 heterocycles. The van der Waals surface area contributed by atoms with E-state index in [1.807, 2.05) is 0 Å². The summed E-state index contributed by atoms with van der Waals surface area (Å²) >= 11 is 0. The van der Waals surface area contributed by atoms with E-state index in [4.69, 9.17) is 9.47 Å². The van der Waals surface area contributed by atoms with E-state index < -0.39 is 0 Å². The molecule has 2 aliphatic rings. The first-order valence-electron chi connectivity index (χ1n) is 5.86. The topological polar surface area (TPSA) is 18.5 Å². The SMILES string of the molecule is CC1CCC2(CC1)OCCC(C)(C)O2. The van der Waals surface area contributed by atoms with Crippen LogP contribution in [-0.4, -0.2) is 18.0 Å². The normalized spacial score (nSPS) is 42.6. The highest BCUT2D eigenvalue weighted by atomic mass is 16.7. The van der Waals surface area contributed by atoms with Crippen LogP contribution in [0.3, 0.4) is 0 Å². The zero-order chi connectivity index (χ0) is 10.2. The van der Waals surface area contributed by atoms with Gasteiger partial charge in [0, 0.05) is 12.8 Å². The van der Waals surface area contributed by atoms with Crippen molar-refractivity contribution in [1.29, 1.82) is 0 Å². The Kier molecular flexibility index (Phi) is 2.61. The number of rotatable bonds is 0. The second-order valence-electron chi connectivity index (χ2n) is 5.55. The minimum atomic E-state index is -0.228. The molecule has 2 nitrogen and oxygen atoms in total. The Hall–Kier alpha value is -0.0800. The van der Waals surface area contributed by atoms with Crippen LogP contribution in [-0.2, 0) is 9.47 Å². The van der Waals surface area contributed by atoms with Crippen molar-refractivity contribution >= 4 is 0 Å². The van der Waals surface area contributed by atoms with E-state index in [0.29, 0.717) is 0 Å². The van der Waals surface area contributed by atoms with Crippen LogP contribution < -0.4 is 0 Å². The van der Waals surface area contributed by atoms with E-state index in [0.717, 1.165) is 31.8 Å². The Morgan fingerprint density at radius 2 is 1.71 bits per heavy atom. The molecular weight excluding hydrogens is 176 g/mol. The van der Waals surface area contributed by atoms with Crippen molar-refractivity contribution < 1.29 is 9.47 Å². The highest BCUT2D eigenvalue weighted by Crippen LogP contribution is 2.41. The van der Waals surface area contributed by atoms with E-state index in [-0.39, 0.29) is 11.4 Å². The van der Waals surface area contributed by atoms with Gasteiger partial charge in [-0.2, -0.15) is 0 Å². The van der Waals surface area contributed by atoms with E-state index in [2.05, 4.69) is 20.8 Å². The van der Waals surface area contributed by atoms with Gasteiger partial charge in [-0.1, -0.05) is 6.92 Å². The van der Waals surface area contributed by atoms with Crippen LogP contribution >= 0.6 is 0 Å². The smallest absolute Gasteiger partial charge is 0.169 e. The molecule has 1 aliphatic carbocycles. The van der Waals surface area contributed by atoms with Gasteiger partial charge < -0.3 is 9.47 Å². The fourth-order valence-corrected chi connectivity index (χ4v) is 2.52. The van der Waals surface area contributed by atoms with Crippen LogP contribution in [0.15, 0.2) is 0 Å². The van der Waals surface area contributed by atoms with Crippen molar-refractivity contribution in [2.75, 3.05) is 6.61 Å². The van der Waals surface area contributed by atoms with Crippen molar-refractivity contribution in [3.05, 3.63) is 0 Å². The van der Waals surface area contributed by atoms with E-state index >= 15 is 0 Å². The molecule has 14 heavy (non-hydrogen) atoms. The first-order valence-corrected chi connectivity index (χ1v) is 5.86. The number of hydrogen-bond donors (Lipinski definition) is 0. The summed E-state index contributed by atoms with van der Waals surface area (Å²) in [6.07, 6.45) is 5.67. The molecule has 0 bridgehead atoms. The monoisotopic (exact) mass is 198 g/mol. The van der Waals surface area contributed by atoms with Crippen LogP contribution in [0.25, 0.3) is 0 Å². The third-order valence-corrected chi connectivity index (χ3v) is 3.57. The second-order valence-corrected chi connectivity index (χ2v) is 5.55. The van der Waals surface area contributed by atoms with Gasteiger partial charge in [-0.3, -0.25) is 0 Å². The van der Waals surface area contributed by atoms with Gasteiger partial charge in [-0.15, -0.1) is 0 Å². The molecule has 0 aromatic heterocycles. The Morgan fingerprint density at radius 3 is 2.29 bits per heavy atom. The molecule has 0 unspecified atom stereocenters. The van der Waals surface area contributed by atoms with Gasteiger partial charge in [0.05, 0.1) is 12.2 Å². The average molecular weight is 198 g/mol. The maximum absolute atomic E-state index is 6.13. The summed E-state index contributed by atoms with van der Waals surface area (Å²) < 4.78 is 12.0. The molecule has 0 amide bonds. The summed E-state index contributed by atoms with van der Waals surface area (Å²) in [6, 6.07) is 0. The summed E-state index contributed by atoms with van der Waals surface area (Å²) in [4.78, 5) is 0. The fraction of sp³-hybridized carbons (Fsp3) is 1.00. The molecule has 1 saturated heterocycles. The highest BCUT2D eigenvalue weighted by molar-refractivity contribution is 4.85. The van der Waals surface area contributed by atoms with Crippen LogP contribution in [0.1, 0.15) is 52.9 Å². The Labute approximate surface area is 87.0 Å². The van der Waals surface area contributed by atoms with Crippen molar-refractivity contribution in [3.8, 4) is 0 Å². The van der Waals surface area contributed by atoms with Crippen LogP contribution in [0.5, 0.6) is 0 Å². The lowest BCUT2D eigenvalue weighted by Crippen LogP contribution is -2.50. The van der Waals surface area contributed by atoms with E-state index in [1.165, 1.54) is 12.8 Å². The Bertz CT molecular complexity index is 202. The molecular formula is C12H22O2. The standard InChI is InChI=1S/C12H22O2/c1-10-4-6-12(7-5-10)13-9-8-11(2,3)14-12/h10H,4-9H2,1-3H3. The molecule has 0 aromatic carbocycles. The molecule has 0 N–H and O–H groups in total. The lowest BCUT2D eigenvalue weighted by molar-refractivity contribution is -0.331. The van der Waals surface area contributed by atoms with Crippen molar-refractivity contribution in [1.82, 2.24) is 0 Å². The average Bonchev–Trinajstić information content (AvgIpc) is 2.09. The summed E-state index contributed by atoms with van der Waals surface area (Å²) in [6.45, 7) is 7.53.